The average molecular weight is 752 g/mol. The number of aldehydes is 2. The molecule has 1 heterocycles. The van der Waals surface area contributed by atoms with E-state index in [0.717, 1.165) is 64.7 Å². The zero-order chi connectivity index (χ0) is 41.3. The fourth-order valence-corrected chi connectivity index (χ4v) is 4.66. The maximum Gasteiger partial charge on any atom is 0.290 e. The molecule has 1 N–H and O–H groups in total. The second kappa shape index (κ2) is 26.9. The van der Waals surface area contributed by atoms with Gasteiger partial charge in [-0.15, -0.1) is 0 Å². The predicted molar refractivity (Wildman–Crippen MR) is 216 cm³/mol. The fraction of sp³-hybridized carbons (Fsp3) is 0.738. The molecule has 11 nitrogen and oxygen atoms in total. The Morgan fingerprint density at radius 2 is 1.23 bits per heavy atom. The lowest BCUT2D eigenvalue weighted by atomic mass is 9.96. The third kappa shape index (κ3) is 31.2. The molecular weight excluding hydrogens is 674 g/mol. The van der Waals surface area contributed by atoms with Crippen LogP contribution in [0.5, 0.6) is 0 Å². The number of hydrogen-bond acceptors (Lipinski definition) is 10. The molecule has 0 aliphatic carbocycles. The summed E-state index contributed by atoms with van der Waals surface area (Å²) in [6.07, 6.45) is 5.37. The van der Waals surface area contributed by atoms with E-state index in [1.807, 2.05) is 67.2 Å². The Morgan fingerprint density at radius 3 is 1.60 bits per heavy atom. The first-order valence-electron chi connectivity index (χ1n) is 18.8. The topological polar surface area (TPSA) is 118 Å². The zero-order valence-electron chi connectivity index (χ0n) is 36.0. The summed E-state index contributed by atoms with van der Waals surface area (Å²) >= 11 is 0. The number of carbonyl (C=O) groups excluding carboxylic acids is 2. The van der Waals surface area contributed by atoms with Crippen LogP contribution in [0.15, 0.2) is 36.7 Å². The summed E-state index contributed by atoms with van der Waals surface area (Å²) in [5.41, 5.74) is 2.32. The van der Waals surface area contributed by atoms with Gasteiger partial charge in [-0.2, -0.15) is 0 Å². The number of benzene rings is 1. The molecule has 1 fully saturated rings. The van der Waals surface area contributed by atoms with E-state index in [-0.39, 0.29) is 47.9 Å². The highest BCUT2D eigenvalue weighted by Crippen LogP contribution is 2.28. The van der Waals surface area contributed by atoms with Gasteiger partial charge in [-0.3, -0.25) is 14.6 Å². The molecule has 2 rings (SSSR count). The van der Waals surface area contributed by atoms with Crippen LogP contribution in [0.2, 0.25) is 0 Å². The molecule has 11 heteroatoms. The van der Waals surface area contributed by atoms with Crippen LogP contribution in [-0.4, -0.2) is 122 Å². The normalized spacial score (nSPS) is 14.8. The van der Waals surface area contributed by atoms with Crippen LogP contribution in [0, 0.1) is 5.41 Å². The summed E-state index contributed by atoms with van der Waals surface area (Å²) in [4.78, 5) is 37.1. The maximum atomic E-state index is 11.1. The average Bonchev–Trinajstić information content (AvgIpc) is 3.05. The zero-order valence-corrected chi connectivity index (χ0v) is 36.0. The molecule has 1 atom stereocenters. The highest BCUT2D eigenvalue weighted by atomic mass is 16.5. The SMILES string of the molecule is C=C(OC(C)(C)C)N(CCN(CCN(CC=O)CC=O)Cc1ccc(C2CCCCO2)cc1)CC(C)(C)C.COC(C)(C)C.COC(C)(C)C.O=CO. The van der Waals surface area contributed by atoms with Gasteiger partial charge in [0.1, 0.15) is 18.2 Å². The van der Waals surface area contributed by atoms with Crippen molar-refractivity contribution in [3.8, 4) is 0 Å². The van der Waals surface area contributed by atoms with Gasteiger partial charge in [-0.1, -0.05) is 45.0 Å². The second-order valence-electron chi connectivity index (χ2n) is 17.3. The fourth-order valence-electron chi connectivity index (χ4n) is 4.66. The lowest BCUT2D eigenvalue weighted by molar-refractivity contribution is -0.123. The monoisotopic (exact) mass is 752 g/mol. The van der Waals surface area contributed by atoms with Gasteiger partial charge in [0, 0.05) is 60.1 Å². The molecule has 1 unspecified atom stereocenters. The standard InChI is InChI=1S/C31H51N3O4.2C5H12O.CH2O2/c1-26(38-31(5,6)7)34(25-30(2,3)4)18-17-33(16-15-32(19-21-35)20-22-36)24-27-11-13-28(14-12-27)29-10-8-9-23-37-29;2*1-5(2,3)6-4;2-1-3/h11-14,21-22,29H,1,8-10,15-20,23-25H2,2-7H3;2*1-4H3;1H,(H,2,3). The molecule has 1 aliphatic rings. The van der Waals surface area contributed by atoms with Gasteiger partial charge in [0.25, 0.3) is 6.47 Å². The van der Waals surface area contributed by atoms with E-state index in [1.54, 1.807) is 14.2 Å². The van der Waals surface area contributed by atoms with Crippen molar-refractivity contribution >= 4 is 19.0 Å². The Balaban J connectivity index is 0. The molecule has 1 saturated heterocycles. The highest BCUT2D eigenvalue weighted by molar-refractivity contribution is 5.56. The molecule has 308 valence electrons. The molecule has 0 spiro atoms. The molecular formula is C42H77N3O8. The van der Waals surface area contributed by atoms with Gasteiger partial charge in [-0.05, 0) is 105 Å². The third-order valence-electron chi connectivity index (χ3n) is 7.69. The van der Waals surface area contributed by atoms with Gasteiger partial charge in [0.05, 0.1) is 30.4 Å². The van der Waals surface area contributed by atoms with E-state index < -0.39 is 0 Å². The van der Waals surface area contributed by atoms with Crippen molar-refractivity contribution in [1.82, 2.24) is 14.7 Å². The molecule has 0 bridgehead atoms. The molecule has 0 saturated carbocycles. The number of ether oxygens (including phenoxy) is 4. The number of hydrogen-bond donors (Lipinski definition) is 1. The highest BCUT2D eigenvalue weighted by Gasteiger charge is 2.23. The van der Waals surface area contributed by atoms with Crippen LogP contribution in [0.25, 0.3) is 0 Å². The molecule has 1 aliphatic heterocycles. The van der Waals surface area contributed by atoms with Crippen molar-refractivity contribution in [3.63, 3.8) is 0 Å². The van der Waals surface area contributed by atoms with Crippen molar-refractivity contribution in [2.45, 2.75) is 132 Å². The van der Waals surface area contributed by atoms with E-state index in [4.69, 9.17) is 28.8 Å². The smallest absolute Gasteiger partial charge is 0.290 e. The van der Waals surface area contributed by atoms with Crippen LogP contribution in [0.4, 0.5) is 0 Å². The summed E-state index contributed by atoms with van der Waals surface area (Å²) in [6, 6.07) is 8.78. The van der Waals surface area contributed by atoms with E-state index in [0.29, 0.717) is 12.4 Å². The van der Waals surface area contributed by atoms with E-state index in [2.05, 4.69) is 61.4 Å². The third-order valence-corrected chi connectivity index (χ3v) is 7.69. The van der Waals surface area contributed by atoms with Gasteiger partial charge in [-0.25, -0.2) is 0 Å². The summed E-state index contributed by atoms with van der Waals surface area (Å²) in [6.45, 7) is 34.8. The molecule has 0 radical (unpaired) electrons. The summed E-state index contributed by atoms with van der Waals surface area (Å²) in [7, 11) is 3.42. The van der Waals surface area contributed by atoms with Crippen LogP contribution in [-0.2, 0) is 39.9 Å². The summed E-state index contributed by atoms with van der Waals surface area (Å²) in [5.74, 6) is 0.688. The van der Waals surface area contributed by atoms with Crippen LogP contribution in [0.1, 0.15) is 120 Å². The molecule has 0 amide bonds. The summed E-state index contributed by atoms with van der Waals surface area (Å²) < 4.78 is 22.0. The van der Waals surface area contributed by atoms with Crippen molar-refractivity contribution in [1.29, 1.82) is 0 Å². The number of carboxylic acid groups (broad SMARTS) is 1. The first-order valence-corrected chi connectivity index (χ1v) is 18.8. The molecule has 0 aromatic heterocycles. The number of nitrogens with zero attached hydrogens (tertiary/aromatic N) is 3. The lowest BCUT2D eigenvalue weighted by Gasteiger charge is -2.37. The van der Waals surface area contributed by atoms with E-state index >= 15 is 0 Å². The Hall–Kier alpha value is -2.83. The first kappa shape index (κ1) is 52.3. The van der Waals surface area contributed by atoms with Gasteiger partial charge in [0.2, 0.25) is 0 Å². The molecule has 1 aromatic rings. The first-order chi connectivity index (χ1) is 24.4. The number of methoxy groups -OCH3 is 2. The lowest BCUT2D eigenvalue weighted by Crippen LogP contribution is -2.42. The van der Waals surface area contributed by atoms with Crippen LogP contribution >= 0.6 is 0 Å². The quantitative estimate of drug-likeness (QED) is 0.133. The Bertz CT molecular complexity index is 1090. The van der Waals surface area contributed by atoms with E-state index in [1.165, 1.54) is 17.5 Å². The van der Waals surface area contributed by atoms with Crippen molar-refractivity contribution in [3.05, 3.63) is 47.9 Å². The van der Waals surface area contributed by atoms with Crippen LogP contribution in [0.3, 0.4) is 0 Å². The Labute approximate surface area is 323 Å². The van der Waals surface area contributed by atoms with E-state index in [9.17, 15) is 9.59 Å². The van der Waals surface area contributed by atoms with Gasteiger partial charge in [0.15, 0.2) is 5.88 Å². The molecule has 1 aromatic carbocycles. The minimum atomic E-state index is -0.319. The number of rotatable bonds is 16. The minimum absolute atomic E-state index is 0.0417. The predicted octanol–water partition coefficient (Wildman–Crippen LogP) is 7.63. The van der Waals surface area contributed by atoms with Gasteiger partial charge >= 0.3 is 0 Å². The van der Waals surface area contributed by atoms with Crippen molar-refractivity contribution < 1.29 is 38.4 Å². The maximum absolute atomic E-state index is 11.1. The Morgan fingerprint density at radius 1 is 0.774 bits per heavy atom. The minimum Gasteiger partial charge on any atom is -0.483 e. The largest absolute Gasteiger partial charge is 0.483 e. The van der Waals surface area contributed by atoms with Gasteiger partial charge < -0.3 is 38.5 Å². The Kier molecular flexibility index (Phi) is 26.5. The summed E-state index contributed by atoms with van der Waals surface area (Å²) in [5, 5.41) is 6.89. The number of carbonyl (C=O) groups is 3. The molecule has 53 heavy (non-hydrogen) atoms. The van der Waals surface area contributed by atoms with Crippen LogP contribution < -0.4 is 0 Å². The van der Waals surface area contributed by atoms with Crippen molar-refractivity contribution in [2.24, 2.45) is 5.41 Å². The second-order valence-corrected chi connectivity index (χ2v) is 17.3. The van der Waals surface area contributed by atoms with Crippen molar-refractivity contribution in [2.75, 3.05) is 66.6 Å².